The van der Waals surface area contributed by atoms with Crippen LogP contribution in [0.5, 0.6) is 17.2 Å². The van der Waals surface area contributed by atoms with Gasteiger partial charge in [0.2, 0.25) is 0 Å². The molecule has 0 spiro atoms. The number of furan rings is 1. The predicted molar refractivity (Wildman–Crippen MR) is 121 cm³/mol. The SMILES string of the molecule is COc1cc(OC)cc(N2C(=O)C(=O)/C(=C(\O)c3ccc(OC)c(Cl)c3)C2c2ccco2)c1. The molecule has 8 nitrogen and oxygen atoms in total. The Morgan fingerprint density at radius 1 is 1.00 bits per heavy atom. The Bertz CT molecular complexity index is 1230. The van der Waals surface area contributed by atoms with E-state index in [4.69, 9.17) is 30.2 Å². The standard InChI is InChI=1S/C24H20ClNO7/c1-30-15-10-14(11-16(12-15)31-2)26-21(19-5-4-8-33-19)20(23(28)24(26)29)22(27)13-6-7-18(32-3)17(25)9-13/h4-12,21,27H,1-3H3/b22-20-. The predicted octanol–water partition coefficient (Wildman–Crippen LogP) is 4.59. The second-order valence-electron chi connectivity index (χ2n) is 7.10. The van der Waals surface area contributed by atoms with Crippen LogP contribution < -0.4 is 19.1 Å². The molecule has 0 radical (unpaired) electrons. The highest BCUT2D eigenvalue weighted by Crippen LogP contribution is 2.44. The Kier molecular flexibility index (Phi) is 6.02. The van der Waals surface area contributed by atoms with Crippen molar-refractivity contribution < 1.29 is 33.3 Å². The molecular weight excluding hydrogens is 450 g/mol. The lowest BCUT2D eigenvalue weighted by molar-refractivity contribution is -0.132. The number of nitrogens with zero attached hydrogens (tertiary/aromatic N) is 1. The summed E-state index contributed by atoms with van der Waals surface area (Å²) in [4.78, 5) is 27.6. The number of ketones is 1. The van der Waals surface area contributed by atoms with Crippen LogP contribution in [0.2, 0.25) is 5.02 Å². The smallest absolute Gasteiger partial charge is 0.300 e. The number of ether oxygens (including phenoxy) is 3. The van der Waals surface area contributed by atoms with Gasteiger partial charge >= 0.3 is 0 Å². The lowest BCUT2D eigenvalue weighted by Gasteiger charge is -2.24. The van der Waals surface area contributed by atoms with Crippen molar-refractivity contribution in [1.29, 1.82) is 0 Å². The van der Waals surface area contributed by atoms with Crippen molar-refractivity contribution in [2.75, 3.05) is 26.2 Å². The highest BCUT2D eigenvalue weighted by molar-refractivity contribution is 6.51. The van der Waals surface area contributed by atoms with Gasteiger partial charge in [-0.15, -0.1) is 0 Å². The van der Waals surface area contributed by atoms with E-state index in [1.165, 1.54) is 38.6 Å². The van der Waals surface area contributed by atoms with E-state index < -0.39 is 23.5 Å². The monoisotopic (exact) mass is 469 g/mol. The maximum absolute atomic E-state index is 13.2. The fraction of sp³-hybridized carbons (Fsp3) is 0.167. The van der Waals surface area contributed by atoms with E-state index in [-0.39, 0.29) is 21.9 Å². The van der Waals surface area contributed by atoms with Gasteiger partial charge in [-0.05, 0) is 30.3 Å². The summed E-state index contributed by atoms with van der Waals surface area (Å²) in [5.41, 5.74) is 0.443. The minimum atomic E-state index is -1.03. The van der Waals surface area contributed by atoms with E-state index in [2.05, 4.69) is 0 Å². The number of aliphatic hydroxyl groups excluding tert-OH is 1. The third-order valence-electron chi connectivity index (χ3n) is 5.30. The summed E-state index contributed by atoms with van der Waals surface area (Å²) in [6.45, 7) is 0. The maximum Gasteiger partial charge on any atom is 0.300 e. The first-order chi connectivity index (χ1) is 15.9. The van der Waals surface area contributed by atoms with Crippen LogP contribution in [0.15, 0.2) is 64.8 Å². The number of methoxy groups -OCH3 is 3. The fourth-order valence-electron chi connectivity index (χ4n) is 3.72. The minimum absolute atomic E-state index is 0.141. The summed E-state index contributed by atoms with van der Waals surface area (Å²) < 4.78 is 21.3. The number of halogens is 1. The topological polar surface area (TPSA) is 98.4 Å². The first-order valence-corrected chi connectivity index (χ1v) is 10.2. The van der Waals surface area contributed by atoms with Crippen LogP contribution in [0.3, 0.4) is 0 Å². The molecule has 1 aliphatic heterocycles. The number of hydrogen-bond acceptors (Lipinski definition) is 7. The zero-order chi connectivity index (χ0) is 23.7. The number of aliphatic hydroxyl groups is 1. The Morgan fingerprint density at radius 2 is 1.70 bits per heavy atom. The van der Waals surface area contributed by atoms with Crippen LogP contribution in [-0.4, -0.2) is 38.1 Å². The Hall–Kier alpha value is -3.91. The zero-order valence-electron chi connectivity index (χ0n) is 18.0. The van der Waals surface area contributed by atoms with Gasteiger partial charge in [-0.1, -0.05) is 11.6 Å². The van der Waals surface area contributed by atoms with Gasteiger partial charge < -0.3 is 23.7 Å². The van der Waals surface area contributed by atoms with Crippen LogP contribution in [-0.2, 0) is 9.59 Å². The van der Waals surface area contributed by atoms with Crippen molar-refractivity contribution >= 4 is 34.7 Å². The van der Waals surface area contributed by atoms with E-state index in [0.717, 1.165) is 0 Å². The molecule has 1 N–H and O–H groups in total. The van der Waals surface area contributed by atoms with Gasteiger partial charge in [-0.3, -0.25) is 14.5 Å². The van der Waals surface area contributed by atoms with Gasteiger partial charge in [0.15, 0.2) is 0 Å². The summed E-state index contributed by atoms with van der Waals surface area (Å²) >= 11 is 6.21. The molecule has 33 heavy (non-hydrogen) atoms. The van der Waals surface area contributed by atoms with Gasteiger partial charge in [0.1, 0.15) is 34.8 Å². The normalized spacial score (nSPS) is 17.3. The molecule has 2 heterocycles. The summed E-state index contributed by atoms with van der Waals surface area (Å²) in [6.07, 6.45) is 1.42. The number of amides is 1. The molecule has 0 saturated carbocycles. The minimum Gasteiger partial charge on any atom is -0.507 e. The van der Waals surface area contributed by atoms with Crippen molar-refractivity contribution in [3.8, 4) is 17.2 Å². The van der Waals surface area contributed by atoms with Crippen LogP contribution in [0, 0.1) is 0 Å². The molecule has 1 aliphatic rings. The first kappa shape index (κ1) is 22.3. The second kappa shape index (κ2) is 8.91. The Labute approximate surface area is 194 Å². The number of carbonyl (C=O) groups excluding carboxylic acids is 2. The van der Waals surface area contributed by atoms with Crippen LogP contribution >= 0.6 is 11.6 Å². The number of Topliss-reactive ketones (excluding diaryl/α,β-unsaturated/α-hetero) is 1. The molecule has 0 aliphatic carbocycles. The molecule has 1 unspecified atom stereocenters. The summed E-state index contributed by atoms with van der Waals surface area (Å²) in [7, 11) is 4.42. The maximum atomic E-state index is 13.2. The Balaban J connectivity index is 1.92. The molecular formula is C24H20ClNO7. The molecule has 1 amide bonds. The highest BCUT2D eigenvalue weighted by Gasteiger charge is 2.48. The van der Waals surface area contributed by atoms with Crippen LogP contribution in [0.4, 0.5) is 5.69 Å². The third-order valence-corrected chi connectivity index (χ3v) is 5.59. The highest BCUT2D eigenvalue weighted by atomic mass is 35.5. The summed E-state index contributed by atoms with van der Waals surface area (Å²) in [5.74, 6) is -0.568. The van der Waals surface area contributed by atoms with E-state index >= 15 is 0 Å². The van der Waals surface area contributed by atoms with Crippen molar-refractivity contribution in [1.82, 2.24) is 0 Å². The zero-order valence-corrected chi connectivity index (χ0v) is 18.8. The second-order valence-corrected chi connectivity index (χ2v) is 7.51. The van der Waals surface area contributed by atoms with Gasteiger partial charge in [-0.2, -0.15) is 0 Å². The lowest BCUT2D eigenvalue weighted by Crippen LogP contribution is -2.29. The molecule has 0 bridgehead atoms. The third kappa shape index (κ3) is 3.89. The summed E-state index contributed by atoms with van der Waals surface area (Å²) in [5, 5.41) is 11.4. The van der Waals surface area contributed by atoms with Crippen LogP contribution in [0.25, 0.3) is 5.76 Å². The first-order valence-electron chi connectivity index (χ1n) is 9.81. The largest absolute Gasteiger partial charge is 0.507 e. The molecule has 1 aromatic heterocycles. The van der Waals surface area contributed by atoms with E-state index in [9.17, 15) is 14.7 Å². The number of rotatable bonds is 6. The fourth-order valence-corrected chi connectivity index (χ4v) is 3.97. The molecule has 170 valence electrons. The van der Waals surface area contributed by atoms with Crippen molar-refractivity contribution in [3.05, 3.63) is 76.7 Å². The molecule has 1 atom stereocenters. The Morgan fingerprint density at radius 3 is 2.24 bits per heavy atom. The number of carbonyl (C=O) groups is 2. The van der Waals surface area contributed by atoms with E-state index in [1.807, 2.05) is 0 Å². The van der Waals surface area contributed by atoms with Gasteiger partial charge in [0, 0.05) is 23.8 Å². The van der Waals surface area contributed by atoms with Crippen molar-refractivity contribution in [2.24, 2.45) is 0 Å². The average molecular weight is 470 g/mol. The quantitative estimate of drug-likeness (QED) is 0.320. The van der Waals surface area contributed by atoms with E-state index in [1.54, 1.807) is 42.5 Å². The molecule has 9 heteroatoms. The number of hydrogen-bond donors (Lipinski definition) is 1. The molecule has 1 fully saturated rings. The van der Waals surface area contributed by atoms with Gasteiger partial charge in [0.05, 0.1) is 43.9 Å². The number of benzene rings is 2. The molecule has 1 saturated heterocycles. The van der Waals surface area contributed by atoms with E-state index in [0.29, 0.717) is 22.9 Å². The van der Waals surface area contributed by atoms with Crippen molar-refractivity contribution in [2.45, 2.75) is 6.04 Å². The molecule has 4 rings (SSSR count). The van der Waals surface area contributed by atoms with Gasteiger partial charge in [-0.25, -0.2) is 0 Å². The molecule has 3 aromatic rings. The lowest BCUT2D eigenvalue weighted by atomic mass is 9.99. The van der Waals surface area contributed by atoms with Crippen molar-refractivity contribution in [3.63, 3.8) is 0 Å². The number of anilines is 1. The van der Waals surface area contributed by atoms with Crippen LogP contribution in [0.1, 0.15) is 17.4 Å². The summed E-state index contributed by atoms with van der Waals surface area (Å²) in [6, 6.07) is 11.6. The van der Waals surface area contributed by atoms with Gasteiger partial charge in [0.25, 0.3) is 11.7 Å². The molecule has 2 aromatic carbocycles. The average Bonchev–Trinajstić information content (AvgIpc) is 3.45.